The van der Waals surface area contributed by atoms with E-state index in [1.165, 1.54) is 12.8 Å². The lowest BCUT2D eigenvalue weighted by molar-refractivity contribution is 0.445. The van der Waals surface area contributed by atoms with Crippen molar-refractivity contribution < 1.29 is 0 Å². The third-order valence-corrected chi connectivity index (χ3v) is 4.14. The zero-order valence-electron chi connectivity index (χ0n) is 12.6. The maximum Gasteiger partial charge on any atom is 0.159 e. The summed E-state index contributed by atoms with van der Waals surface area (Å²) in [6.45, 7) is 4.23. The first kappa shape index (κ1) is 14.9. The van der Waals surface area contributed by atoms with E-state index in [0.717, 1.165) is 24.6 Å². The Labute approximate surface area is 135 Å². The van der Waals surface area contributed by atoms with E-state index >= 15 is 0 Å². The van der Waals surface area contributed by atoms with Crippen LogP contribution in [0.4, 0.5) is 23.0 Å². The van der Waals surface area contributed by atoms with Gasteiger partial charge in [-0.25, -0.2) is 9.97 Å². The van der Waals surface area contributed by atoms with Gasteiger partial charge in [-0.05, 0) is 37.0 Å². The van der Waals surface area contributed by atoms with Crippen LogP contribution in [-0.4, -0.2) is 23.1 Å². The van der Waals surface area contributed by atoms with E-state index < -0.39 is 0 Å². The Morgan fingerprint density at radius 2 is 2.23 bits per heavy atom. The molecule has 1 aromatic heterocycles. The van der Waals surface area contributed by atoms with Gasteiger partial charge in [0.1, 0.15) is 12.0 Å². The molecule has 1 aromatic carbocycles. The zero-order valence-corrected chi connectivity index (χ0v) is 13.3. The number of benzene rings is 1. The van der Waals surface area contributed by atoms with Crippen molar-refractivity contribution in [1.82, 2.24) is 9.97 Å². The first-order chi connectivity index (χ1) is 10.6. The molecule has 2 aromatic rings. The molecular formula is C16H20ClN5. The second kappa shape index (κ2) is 6.40. The number of aromatic nitrogens is 2. The minimum absolute atomic E-state index is 0.580. The maximum atomic E-state index is 6.28. The fourth-order valence-corrected chi connectivity index (χ4v) is 3.01. The van der Waals surface area contributed by atoms with Gasteiger partial charge in [0.15, 0.2) is 11.6 Å². The number of hydrogen-bond acceptors (Lipinski definition) is 5. The monoisotopic (exact) mass is 317 g/mol. The largest absolute Gasteiger partial charge is 0.393 e. The van der Waals surface area contributed by atoms with Gasteiger partial charge in [-0.2, -0.15) is 0 Å². The molecule has 1 saturated heterocycles. The van der Waals surface area contributed by atoms with Crippen LogP contribution in [0.5, 0.6) is 0 Å². The molecule has 0 bridgehead atoms. The van der Waals surface area contributed by atoms with E-state index in [2.05, 4.69) is 27.1 Å². The van der Waals surface area contributed by atoms with Crippen molar-refractivity contribution in [2.24, 2.45) is 5.92 Å². The van der Waals surface area contributed by atoms with E-state index in [1.54, 1.807) is 6.33 Å². The Bertz CT molecular complexity index is 661. The fourth-order valence-electron chi connectivity index (χ4n) is 2.82. The topological polar surface area (TPSA) is 67.1 Å². The summed E-state index contributed by atoms with van der Waals surface area (Å²) >= 11 is 6.01. The van der Waals surface area contributed by atoms with Gasteiger partial charge in [-0.1, -0.05) is 24.6 Å². The van der Waals surface area contributed by atoms with Crippen molar-refractivity contribution in [3.63, 3.8) is 0 Å². The molecule has 0 saturated carbocycles. The summed E-state index contributed by atoms with van der Waals surface area (Å²) in [5.41, 5.74) is 7.72. The summed E-state index contributed by atoms with van der Waals surface area (Å²) < 4.78 is 0. The molecule has 2 heterocycles. The summed E-state index contributed by atoms with van der Waals surface area (Å²) in [6.07, 6.45) is 3.98. The highest BCUT2D eigenvalue weighted by atomic mass is 35.5. The third-order valence-electron chi connectivity index (χ3n) is 3.91. The number of piperidine rings is 1. The van der Waals surface area contributed by atoms with Crippen LogP contribution in [0.25, 0.3) is 0 Å². The molecule has 1 aliphatic heterocycles. The molecule has 0 radical (unpaired) electrons. The lowest BCUT2D eigenvalue weighted by atomic mass is 10.0. The minimum atomic E-state index is 0.580. The number of anilines is 4. The van der Waals surface area contributed by atoms with Crippen LogP contribution in [-0.2, 0) is 0 Å². The number of halogens is 1. The predicted octanol–water partition coefficient (Wildman–Crippen LogP) is 3.69. The van der Waals surface area contributed by atoms with Crippen LogP contribution in [0.1, 0.15) is 19.8 Å². The Morgan fingerprint density at radius 1 is 1.36 bits per heavy atom. The van der Waals surface area contributed by atoms with Crippen molar-refractivity contribution in [2.45, 2.75) is 19.8 Å². The predicted molar refractivity (Wildman–Crippen MR) is 91.8 cm³/mol. The van der Waals surface area contributed by atoms with Gasteiger partial charge in [-0.15, -0.1) is 0 Å². The Hall–Kier alpha value is -2.01. The zero-order chi connectivity index (χ0) is 15.5. The summed E-state index contributed by atoms with van der Waals surface area (Å²) in [6, 6.07) is 7.48. The van der Waals surface area contributed by atoms with Gasteiger partial charge >= 0.3 is 0 Å². The van der Waals surface area contributed by atoms with Gasteiger partial charge in [0.25, 0.3) is 0 Å². The third kappa shape index (κ3) is 3.25. The number of hydrogen-bond donors (Lipinski definition) is 2. The maximum absolute atomic E-state index is 6.28. The molecule has 22 heavy (non-hydrogen) atoms. The van der Waals surface area contributed by atoms with Crippen LogP contribution in [0.2, 0.25) is 5.02 Å². The normalized spacial score (nSPS) is 18.3. The van der Waals surface area contributed by atoms with E-state index in [-0.39, 0.29) is 0 Å². The quantitative estimate of drug-likeness (QED) is 0.903. The molecule has 1 aliphatic rings. The molecule has 1 fully saturated rings. The average molecular weight is 318 g/mol. The van der Waals surface area contributed by atoms with Crippen LogP contribution in [0.15, 0.2) is 30.6 Å². The van der Waals surface area contributed by atoms with Crippen LogP contribution < -0.4 is 16.0 Å². The molecule has 3 N–H and O–H groups in total. The van der Waals surface area contributed by atoms with Crippen LogP contribution >= 0.6 is 11.6 Å². The van der Waals surface area contributed by atoms with Crippen molar-refractivity contribution in [3.05, 3.63) is 35.6 Å². The van der Waals surface area contributed by atoms with Crippen molar-refractivity contribution in [3.8, 4) is 0 Å². The number of nitrogens with one attached hydrogen (secondary N) is 1. The minimum Gasteiger partial charge on any atom is -0.393 e. The number of nitrogen functional groups attached to an aromatic ring is 1. The standard InChI is InChI=1S/C16H20ClN5/c1-11-4-3-7-22(9-11)16-14(18)15(19-10-20-16)21-13-6-2-5-12(17)8-13/h2,5-6,8,10-11H,3-4,7,9,18H2,1H3,(H,19,20,21). The Kier molecular flexibility index (Phi) is 4.34. The van der Waals surface area contributed by atoms with E-state index in [1.807, 2.05) is 24.3 Å². The van der Waals surface area contributed by atoms with Gasteiger partial charge in [0.05, 0.1) is 0 Å². The number of nitrogens with zero attached hydrogens (tertiary/aromatic N) is 3. The first-order valence-electron chi connectivity index (χ1n) is 7.51. The molecule has 3 rings (SSSR count). The lowest BCUT2D eigenvalue weighted by Crippen LogP contribution is -2.35. The van der Waals surface area contributed by atoms with Crippen molar-refractivity contribution in [1.29, 1.82) is 0 Å². The average Bonchev–Trinajstić information content (AvgIpc) is 2.49. The van der Waals surface area contributed by atoms with Gasteiger partial charge in [-0.3, -0.25) is 0 Å². The molecule has 0 spiro atoms. The molecule has 116 valence electrons. The van der Waals surface area contributed by atoms with E-state index in [4.69, 9.17) is 17.3 Å². The number of nitrogens with two attached hydrogens (primary N) is 1. The summed E-state index contributed by atoms with van der Waals surface area (Å²) in [7, 11) is 0. The highest BCUT2D eigenvalue weighted by Gasteiger charge is 2.21. The molecule has 6 heteroatoms. The molecule has 0 amide bonds. The molecule has 1 atom stereocenters. The second-order valence-corrected chi connectivity index (χ2v) is 6.22. The van der Waals surface area contributed by atoms with Gasteiger partial charge in [0.2, 0.25) is 0 Å². The van der Waals surface area contributed by atoms with Crippen molar-refractivity contribution in [2.75, 3.05) is 29.0 Å². The number of rotatable bonds is 3. The molecular weight excluding hydrogens is 298 g/mol. The van der Waals surface area contributed by atoms with Crippen LogP contribution in [0.3, 0.4) is 0 Å². The highest BCUT2D eigenvalue weighted by molar-refractivity contribution is 6.30. The van der Waals surface area contributed by atoms with E-state index in [9.17, 15) is 0 Å². The molecule has 5 nitrogen and oxygen atoms in total. The summed E-state index contributed by atoms with van der Waals surface area (Å²) in [5, 5.41) is 3.89. The summed E-state index contributed by atoms with van der Waals surface area (Å²) in [4.78, 5) is 10.9. The smallest absolute Gasteiger partial charge is 0.159 e. The fraction of sp³-hybridized carbons (Fsp3) is 0.375. The second-order valence-electron chi connectivity index (χ2n) is 5.79. The molecule has 0 aliphatic carbocycles. The Morgan fingerprint density at radius 3 is 3.00 bits per heavy atom. The van der Waals surface area contributed by atoms with Crippen LogP contribution in [0, 0.1) is 5.92 Å². The SMILES string of the molecule is CC1CCCN(c2ncnc(Nc3cccc(Cl)c3)c2N)C1. The summed E-state index contributed by atoms with van der Waals surface area (Å²) in [5.74, 6) is 2.09. The van der Waals surface area contributed by atoms with Gasteiger partial charge < -0.3 is 16.0 Å². The van der Waals surface area contributed by atoms with E-state index in [0.29, 0.717) is 22.4 Å². The lowest BCUT2D eigenvalue weighted by Gasteiger charge is -2.32. The Balaban J connectivity index is 1.85. The molecule has 1 unspecified atom stereocenters. The van der Waals surface area contributed by atoms with Crippen molar-refractivity contribution >= 4 is 34.6 Å². The highest BCUT2D eigenvalue weighted by Crippen LogP contribution is 2.31. The van der Waals surface area contributed by atoms with Gasteiger partial charge in [0, 0.05) is 23.8 Å². The first-order valence-corrected chi connectivity index (χ1v) is 7.89.